The summed E-state index contributed by atoms with van der Waals surface area (Å²) in [7, 11) is 1.19. The zero-order valence-corrected chi connectivity index (χ0v) is 8.88. The predicted octanol–water partition coefficient (Wildman–Crippen LogP) is 2.64. The fourth-order valence-electron chi connectivity index (χ4n) is 1.05. The van der Waals surface area contributed by atoms with Crippen molar-refractivity contribution in [3.05, 3.63) is 33.6 Å². The molecule has 0 radical (unpaired) electrons. The van der Waals surface area contributed by atoms with Crippen molar-refractivity contribution in [3.8, 4) is 5.75 Å². The Morgan fingerprint density at radius 2 is 2.29 bits per heavy atom. The summed E-state index contributed by atoms with van der Waals surface area (Å²) in [6.45, 7) is 0. The molecule has 0 saturated heterocycles. The van der Waals surface area contributed by atoms with Crippen molar-refractivity contribution in [2.75, 3.05) is 7.11 Å². The van der Waals surface area contributed by atoms with Crippen LogP contribution in [0.5, 0.6) is 5.75 Å². The van der Waals surface area contributed by atoms with Crippen molar-refractivity contribution < 1.29 is 14.1 Å². The number of nitrogens with zero attached hydrogens (tertiary/aromatic N) is 1. The Kier molecular flexibility index (Phi) is 3.40. The van der Waals surface area contributed by atoms with E-state index in [4.69, 9.17) is 0 Å². The molecule has 1 aromatic carbocycles. The lowest BCUT2D eigenvalue weighted by Crippen LogP contribution is -1.97. The number of ether oxygens (including phenoxy) is 1. The van der Waals surface area contributed by atoms with E-state index in [1.807, 2.05) is 0 Å². The quantitative estimate of drug-likeness (QED) is 0.479. The van der Waals surface area contributed by atoms with E-state index in [0.717, 1.165) is 0 Å². The predicted molar refractivity (Wildman–Crippen MR) is 52.2 cm³/mol. The Bertz CT molecular complexity index is 370. The Balaban J connectivity index is 3.35. The molecule has 0 saturated carbocycles. The van der Waals surface area contributed by atoms with E-state index in [9.17, 15) is 14.5 Å². The van der Waals surface area contributed by atoms with E-state index in [0.29, 0.717) is 10.9 Å². The van der Waals surface area contributed by atoms with E-state index in [1.54, 1.807) is 0 Å². The number of hydrogen-bond acceptors (Lipinski definition) is 3. The number of nitro groups is 1. The molecule has 0 heterocycles. The molecule has 0 N–H and O–H groups in total. The van der Waals surface area contributed by atoms with Crippen molar-refractivity contribution in [1.82, 2.24) is 0 Å². The smallest absolute Gasteiger partial charge is 0.314 e. The molecule has 0 aliphatic carbocycles. The molecule has 0 atom stereocenters. The molecular formula is C8H7BrFNO3. The summed E-state index contributed by atoms with van der Waals surface area (Å²) in [6.07, 6.45) is 0. The zero-order chi connectivity index (χ0) is 10.7. The molecule has 14 heavy (non-hydrogen) atoms. The van der Waals surface area contributed by atoms with Gasteiger partial charge in [0.25, 0.3) is 0 Å². The molecule has 1 aromatic rings. The second-order valence-corrected chi connectivity index (χ2v) is 3.08. The van der Waals surface area contributed by atoms with Gasteiger partial charge in [-0.2, -0.15) is 0 Å². The van der Waals surface area contributed by atoms with Gasteiger partial charge in [-0.25, -0.2) is 4.39 Å². The van der Waals surface area contributed by atoms with Crippen LogP contribution in [0, 0.1) is 15.9 Å². The highest BCUT2D eigenvalue weighted by Gasteiger charge is 2.20. The van der Waals surface area contributed by atoms with Gasteiger partial charge in [0, 0.05) is 11.4 Å². The van der Waals surface area contributed by atoms with E-state index in [2.05, 4.69) is 20.7 Å². The Hall–Kier alpha value is -1.17. The van der Waals surface area contributed by atoms with Crippen LogP contribution in [0.1, 0.15) is 5.56 Å². The normalized spacial score (nSPS) is 9.93. The first-order valence-electron chi connectivity index (χ1n) is 3.67. The first-order chi connectivity index (χ1) is 6.60. The fourth-order valence-corrected chi connectivity index (χ4v) is 1.37. The Morgan fingerprint density at radius 1 is 1.64 bits per heavy atom. The molecule has 6 heteroatoms. The van der Waals surface area contributed by atoms with Crippen LogP contribution in [-0.4, -0.2) is 12.0 Å². The van der Waals surface area contributed by atoms with Gasteiger partial charge >= 0.3 is 5.69 Å². The summed E-state index contributed by atoms with van der Waals surface area (Å²) < 4.78 is 17.8. The number of nitro benzene ring substituents is 1. The molecule has 0 fully saturated rings. The number of benzene rings is 1. The van der Waals surface area contributed by atoms with Gasteiger partial charge in [0.2, 0.25) is 5.75 Å². The van der Waals surface area contributed by atoms with Gasteiger partial charge in [0.1, 0.15) is 0 Å². The highest BCUT2D eigenvalue weighted by molar-refractivity contribution is 9.08. The van der Waals surface area contributed by atoms with E-state index in [1.165, 1.54) is 19.2 Å². The molecule has 0 spiro atoms. The standard InChI is InChI=1S/C8H7BrFNO3/c1-14-8-6(10)2-5(4-9)3-7(8)11(12)13/h2-3H,4H2,1H3. The summed E-state index contributed by atoms with van der Waals surface area (Å²) in [4.78, 5) is 9.87. The third-order valence-corrected chi connectivity index (χ3v) is 2.29. The van der Waals surface area contributed by atoms with Crippen molar-refractivity contribution in [2.24, 2.45) is 0 Å². The van der Waals surface area contributed by atoms with Crippen LogP contribution < -0.4 is 4.74 Å². The maximum Gasteiger partial charge on any atom is 0.314 e. The third-order valence-electron chi connectivity index (χ3n) is 1.64. The first kappa shape index (κ1) is 10.9. The summed E-state index contributed by atoms with van der Waals surface area (Å²) in [5, 5.41) is 10.9. The molecule has 76 valence electrons. The number of rotatable bonds is 3. The molecule has 4 nitrogen and oxygen atoms in total. The van der Waals surface area contributed by atoms with Crippen molar-refractivity contribution in [3.63, 3.8) is 0 Å². The molecule has 0 aliphatic rings. The minimum atomic E-state index is -0.726. The molecular weight excluding hydrogens is 257 g/mol. The maximum atomic E-state index is 13.2. The lowest BCUT2D eigenvalue weighted by Gasteiger charge is -2.04. The largest absolute Gasteiger partial charge is 0.488 e. The van der Waals surface area contributed by atoms with Crippen LogP contribution in [0.4, 0.5) is 10.1 Å². The minimum Gasteiger partial charge on any atom is -0.488 e. The Morgan fingerprint density at radius 3 is 2.71 bits per heavy atom. The SMILES string of the molecule is COc1c(F)cc(CBr)cc1[N+](=O)[O-]. The zero-order valence-electron chi connectivity index (χ0n) is 7.29. The first-order valence-corrected chi connectivity index (χ1v) is 4.79. The van der Waals surface area contributed by atoms with Crippen LogP contribution in [0.15, 0.2) is 12.1 Å². The maximum absolute atomic E-state index is 13.2. The third kappa shape index (κ3) is 2.01. The topological polar surface area (TPSA) is 52.4 Å². The summed E-state index contributed by atoms with van der Waals surface area (Å²) in [6, 6.07) is 2.47. The van der Waals surface area contributed by atoms with Crippen molar-refractivity contribution >= 4 is 21.6 Å². The van der Waals surface area contributed by atoms with Crippen molar-refractivity contribution in [2.45, 2.75) is 5.33 Å². The summed E-state index contributed by atoms with van der Waals surface area (Å²) in [5.41, 5.74) is 0.136. The van der Waals surface area contributed by atoms with Crippen LogP contribution in [-0.2, 0) is 5.33 Å². The average Bonchev–Trinajstić information content (AvgIpc) is 2.16. The highest BCUT2D eigenvalue weighted by atomic mass is 79.9. The van der Waals surface area contributed by atoms with Crippen molar-refractivity contribution in [1.29, 1.82) is 0 Å². The molecule has 0 amide bonds. The number of alkyl halides is 1. The molecule has 1 rings (SSSR count). The van der Waals surface area contributed by atoms with Gasteiger partial charge in [-0.15, -0.1) is 0 Å². The second-order valence-electron chi connectivity index (χ2n) is 2.52. The van der Waals surface area contributed by atoms with Gasteiger partial charge in [0.15, 0.2) is 5.82 Å². The molecule has 0 bridgehead atoms. The van der Waals surface area contributed by atoms with Crippen LogP contribution >= 0.6 is 15.9 Å². The molecule has 0 unspecified atom stereocenters. The lowest BCUT2D eigenvalue weighted by atomic mass is 10.2. The number of methoxy groups -OCH3 is 1. The minimum absolute atomic E-state index is 0.334. The summed E-state index contributed by atoms with van der Waals surface area (Å²) >= 11 is 3.09. The highest BCUT2D eigenvalue weighted by Crippen LogP contribution is 2.31. The number of hydrogen-bond donors (Lipinski definition) is 0. The van der Waals surface area contributed by atoms with Gasteiger partial charge < -0.3 is 4.74 Å². The average molecular weight is 264 g/mol. The Labute approximate surface area is 88.0 Å². The fraction of sp³-hybridized carbons (Fsp3) is 0.250. The van der Waals surface area contributed by atoms with E-state index < -0.39 is 10.7 Å². The summed E-state index contributed by atoms with van der Waals surface area (Å²) in [5.74, 6) is -1.06. The van der Waals surface area contributed by atoms with Gasteiger partial charge in [-0.1, -0.05) is 15.9 Å². The van der Waals surface area contributed by atoms with Gasteiger partial charge in [-0.3, -0.25) is 10.1 Å². The second kappa shape index (κ2) is 4.36. The van der Waals surface area contributed by atoms with Crippen LogP contribution in [0.25, 0.3) is 0 Å². The molecule has 0 aliphatic heterocycles. The van der Waals surface area contributed by atoms with E-state index in [-0.39, 0.29) is 11.4 Å². The van der Waals surface area contributed by atoms with Gasteiger partial charge in [0.05, 0.1) is 12.0 Å². The molecule has 0 aromatic heterocycles. The van der Waals surface area contributed by atoms with Crippen LogP contribution in [0.3, 0.4) is 0 Å². The number of halogens is 2. The lowest BCUT2D eigenvalue weighted by molar-refractivity contribution is -0.386. The van der Waals surface area contributed by atoms with Crippen LogP contribution in [0.2, 0.25) is 0 Å². The van der Waals surface area contributed by atoms with E-state index >= 15 is 0 Å². The van der Waals surface area contributed by atoms with Gasteiger partial charge in [-0.05, 0) is 11.6 Å². The monoisotopic (exact) mass is 263 g/mol.